The maximum absolute atomic E-state index is 12.7. The van der Waals surface area contributed by atoms with Crippen molar-refractivity contribution >= 4 is 44.2 Å². The van der Waals surface area contributed by atoms with Crippen LogP contribution in [0.15, 0.2) is 47.1 Å². The van der Waals surface area contributed by atoms with Gasteiger partial charge in [0.2, 0.25) is 0 Å². The summed E-state index contributed by atoms with van der Waals surface area (Å²) in [6.45, 7) is 0. The molecule has 1 heterocycles. The van der Waals surface area contributed by atoms with Crippen molar-refractivity contribution in [2.24, 2.45) is 0 Å². The lowest BCUT2D eigenvalue weighted by molar-refractivity contribution is 0.104. The highest BCUT2D eigenvalue weighted by molar-refractivity contribution is 9.10. The Labute approximate surface area is 135 Å². The minimum Gasteiger partial charge on any atom is -0.496 e. The lowest BCUT2D eigenvalue weighted by Crippen LogP contribution is -2.01. The van der Waals surface area contributed by atoms with Crippen LogP contribution >= 0.6 is 27.5 Å². The first kappa shape index (κ1) is 14.2. The molecule has 3 rings (SSSR count). The fourth-order valence-corrected chi connectivity index (χ4v) is 3.20. The summed E-state index contributed by atoms with van der Waals surface area (Å²) in [4.78, 5) is 15.8. The minimum atomic E-state index is -0.103. The number of halogens is 2. The number of aromatic amines is 1. The molecule has 21 heavy (non-hydrogen) atoms. The van der Waals surface area contributed by atoms with Crippen LogP contribution in [0.25, 0.3) is 10.9 Å². The number of ether oxygens (including phenoxy) is 1. The Morgan fingerprint density at radius 1 is 1.29 bits per heavy atom. The summed E-state index contributed by atoms with van der Waals surface area (Å²) < 4.78 is 6.12. The van der Waals surface area contributed by atoms with Crippen molar-refractivity contribution in [1.29, 1.82) is 0 Å². The molecule has 5 heteroatoms. The number of benzene rings is 2. The van der Waals surface area contributed by atoms with Crippen LogP contribution in [0.5, 0.6) is 5.75 Å². The molecule has 3 nitrogen and oxygen atoms in total. The molecule has 0 spiro atoms. The van der Waals surface area contributed by atoms with Gasteiger partial charge in [-0.15, -0.1) is 0 Å². The van der Waals surface area contributed by atoms with E-state index in [1.165, 1.54) is 0 Å². The summed E-state index contributed by atoms with van der Waals surface area (Å²) in [5.41, 5.74) is 1.96. The maximum Gasteiger partial charge on any atom is 0.195 e. The fourth-order valence-electron chi connectivity index (χ4n) is 2.34. The van der Waals surface area contributed by atoms with E-state index < -0.39 is 0 Å². The smallest absolute Gasteiger partial charge is 0.195 e. The van der Waals surface area contributed by atoms with Gasteiger partial charge in [0.15, 0.2) is 5.78 Å². The number of H-pyrrole nitrogens is 1. The number of carbonyl (C=O) groups is 1. The molecule has 0 aliphatic heterocycles. The first-order valence-corrected chi connectivity index (χ1v) is 7.42. The van der Waals surface area contributed by atoms with Gasteiger partial charge in [0.05, 0.1) is 18.1 Å². The summed E-state index contributed by atoms with van der Waals surface area (Å²) >= 11 is 9.37. The van der Waals surface area contributed by atoms with Crippen LogP contribution in [0, 0.1) is 0 Å². The SMILES string of the molecule is COc1cccc2[nH]cc(C(=O)c3cc(Cl)cc(Br)c3)c12. The number of hydrogen-bond donors (Lipinski definition) is 1. The van der Waals surface area contributed by atoms with Gasteiger partial charge in [-0.05, 0) is 30.3 Å². The third-order valence-electron chi connectivity index (χ3n) is 3.26. The van der Waals surface area contributed by atoms with Gasteiger partial charge in [0.1, 0.15) is 5.75 Å². The largest absolute Gasteiger partial charge is 0.496 e. The maximum atomic E-state index is 12.7. The van der Waals surface area contributed by atoms with E-state index in [1.54, 1.807) is 31.5 Å². The van der Waals surface area contributed by atoms with Crippen LogP contribution in [-0.2, 0) is 0 Å². The first-order valence-electron chi connectivity index (χ1n) is 6.25. The standard InChI is InChI=1S/C16H11BrClNO2/c1-21-14-4-2-3-13-15(14)12(8-19-13)16(20)9-5-10(17)7-11(18)6-9/h2-8,19H,1H3. The topological polar surface area (TPSA) is 42.1 Å². The summed E-state index contributed by atoms with van der Waals surface area (Å²) in [6.07, 6.45) is 1.70. The number of carbonyl (C=O) groups excluding carboxylic acids is 1. The Balaban J connectivity index is 2.18. The second-order valence-electron chi connectivity index (χ2n) is 4.57. The fraction of sp³-hybridized carbons (Fsp3) is 0.0625. The third-order valence-corrected chi connectivity index (χ3v) is 3.93. The molecule has 0 saturated heterocycles. The Morgan fingerprint density at radius 2 is 2.10 bits per heavy atom. The number of rotatable bonds is 3. The van der Waals surface area contributed by atoms with E-state index in [1.807, 2.05) is 18.2 Å². The molecule has 2 aromatic carbocycles. The predicted molar refractivity (Wildman–Crippen MR) is 87.4 cm³/mol. The van der Waals surface area contributed by atoms with Gasteiger partial charge in [-0.25, -0.2) is 0 Å². The highest BCUT2D eigenvalue weighted by atomic mass is 79.9. The zero-order valence-electron chi connectivity index (χ0n) is 11.1. The van der Waals surface area contributed by atoms with Gasteiger partial charge >= 0.3 is 0 Å². The van der Waals surface area contributed by atoms with Crippen LogP contribution in [0.3, 0.4) is 0 Å². The van der Waals surface area contributed by atoms with Crippen molar-refractivity contribution in [3.63, 3.8) is 0 Å². The van der Waals surface area contributed by atoms with Crippen LogP contribution in [0.2, 0.25) is 5.02 Å². The van der Waals surface area contributed by atoms with Crippen molar-refractivity contribution in [2.45, 2.75) is 0 Å². The highest BCUT2D eigenvalue weighted by Gasteiger charge is 2.18. The van der Waals surface area contributed by atoms with Gasteiger partial charge in [0, 0.05) is 26.8 Å². The Bertz CT molecular complexity index is 821. The molecule has 0 amide bonds. The molecular formula is C16H11BrClNO2. The molecule has 1 aromatic heterocycles. The average Bonchev–Trinajstić information content (AvgIpc) is 2.89. The van der Waals surface area contributed by atoms with E-state index in [0.717, 1.165) is 15.4 Å². The van der Waals surface area contributed by atoms with E-state index in [4.69, 9.17) is 16.3 Å². The Kier molecular flexibility index (Phi) is 3.74. The number of hydrogen-bond acceptors (Lipinski definition) is 2. The molecule has 0 saturated carbocycles. The van der Waals surface area contributed by atoms with Crippen LogP contribution in [-0.4, -0.2) is 17.9 Å². The monoisotopic (exact) mass is 363 g/mol. The molecule has 0 bridgehead atoms. The van der Waals surface area contributed by atoms with Gasteiger partial charge in [-0.1, -0.05) is 33.6 Å². The summed E-state index contributed by atoms with van der Waals surface area (Å²) in [7, 11) is 1.59. The van der Waals surface area contributed by atoms with Crippen LogP contribution in [0.1, 0.15) is 15.9 Å². The van der Waals surface area contributed by atoms with Crippen LogP contribution in [0.4, 0.5) is 0 Å². The minimum absolute atomic E-state index is 0.103. The van der Waals surface area contributed by atoms with E-state index in [9.17, 15) is 4.79 Å². The average molecular weight is 365 g/mol. The van der Waals surface area contributed by atoms with Crippen LogP contribution < -0.4 is 4.74 Å². The number of ketones is 1. The van der Waals surface area contributed by atoms with E-state index >= 15 is 0 Å². The first-order chi connectivity index (χ1) is 10.1. The van der Waals surface area contributed by atoms with Crippen molar-refractivity contribution in [3.8, 4) is 5.75 Å². The summed E-state index contributed by atoms with van der Waals surface area (Å²) in [5.74, 6) is 0.562. The molecule has 0 aliphatic carbocycles. The lowest BCUT2D eigenvalue weighted by Gasteiger charge is -2.05. The zero-order chi connectivity index (χ0) is 15.0. The molecule has 106 valence electrons. The molecular weight excluding hydrogens is 354 g/mol. The zero-order valence-corrected chi connectivity index (χ0v) is 13.5. The Hall–Kier alpha value is -1.78. The van der Waals surface area contributed by atoms with E-state index in [2.05, 4.69) is 20.9 Å². The van der Waals surface area contributed by atoms with Gasteiger partial charge in [-0.3, -0.25) is 4.79 Å². The van der Waals surface area contributed by atoms with Crippen molar-refractivity contribution in [2.75, 3.05) is 7.11 Å². The number of aromatic nitrogens is 1. The van der Waals surface area contributed by atoms with Gasteiger partial charge in [-0.2, -0.15) is 0 Å². The molecule has 0 unspecified atom stereocenters. The molecule has 0 radical (unpaired) electrons. The molecule has 0 atom stereocenters. The number of fused-ring (bicyclic) bond motifs is 1. The highest BCUT2D eigenvalue weighted by Crippen LogP contribution is 2.31. The summed E-state index contributed by atoms with van der Waals surface area (Å²) in [6, 6.07) is 10.8. The van der Waals surface area contributed by atoms with E-state index in [0.29, 0.717) is 21.9 Å². The molecule has 3 aromatic rings. The Morgan fingerprint density at radius 3 is 2.81 bits per heavy atom. The summed E-state index contributed by atoms with van der Waals surface area (Å²) in [5, 5.41) is 1.29. The predicted octanol–water partition coefficient (Wildman–Crippen LogP) is 4.82. The lowest BCUT2D eigenvalue weighted by atomic mass is 10.0. The molecule has 1 N–H and O–H groups in total. The van der Waals surface area contributed by atoms with Gasteiger partial charge in [0.25, 0.3) is 0 Å². The number of methoxy groups -OCH3 is 1. The van der Waals surface area contributed by atoms with Crippen molar-refractivity contribution in [3.05, 3.63) is 63.2 Å². The molecule has 0 aliphatic rings. The van der Waals surface area contributed by atoms with Crippen molar-refractivity contribution in [1.82, 2.24) is 4.98 Å². The third kappa shape index (κ3) is 2.57. The second-order valence-corrected chi connectivity index (χ2v) is 5.92. The van der Waals surface area contributed by atoms with Crippen molar-refractivity contribution < 1.29 is 9.53 Å². The quantitative estimate of drug-likeness (QED) is 0.677. The number of nitrogens with one attached hydrogen (secondary N) is 1. The second kappa shape index (κ2) is 5.54. The normalized spacial score (nSPS) is 10.8. The van der Waals surface area contributed by atoms with Gasteiger partial charge < -0.3 is 9.72 Å². The van der Waals surface area contributed by atoms with E-state index in [-0.39, 0.29) is 5.78 Å². The molecule has 0 fully saturated rings.